The molecule has 2 rings (SSSR count). The van der Waals surface area contributed by atoms with Crippen LogP contribution in [0.4, 0.5) is 10.1 Å². The van der Waals surface area contributed by atoms with Crippen LogP contribution in [0.2, 0.25) is 5.15 Å². The lowest BCUT2D eigenvalue weighted by molar-refractivity contribution is 0.466. The number of hydrogen-bond acceptors (Lipinski definition) is 3. The summed E-state index contributed by atoms with van der Waals surface area (Å²) in [4.78, 5) is 3.84. The third-order valence-corrected chi connectivity index (χ3v) is 2.46. The predicted molar refractivity (Wildman–Crippen MR) is 64.6 cm³/mol. The van der Waals surface area contributed by atoms with Crippen LogP contribution >= 0.6 is 11.6 Å². The average molecular weight is 253 g/mol. The van der Waals surface area contributed by atoms with Crippen molar-refractivity contribution in [2.45, 2.75) is 6.54 Å². The van der Waals surface area contributed by atoms with Crippen LogP contribution in [0, 0.1) is 5.82 Å². The second kappa shape index (κ2) is 5.01. The van der Waals surface area contributed by atoms with E-state index in [2.05, 4.69) is 10.3 Å². The van der Waals surface area contributed by atoms with E-state index in [1.807, 2.05) is 0 Å². The topological polar surface area (TPSA) is 45.1 Å². The standard InChI is InChI=1S/C12H10ClFN2O/c13-12-6-10(3-4-15-12)16-7-8-5-9(14)1-2-11(8)17/h1-6,17H,7H2,(H,15,16). The number of phenols is 1. The van der Waals surface area contributed by atoms with Crippen LogP contribution in [0.25, 0.3) is 0 Å². The minimum absolute atomic E-state index is 0.0547. The summed E-state index contributed by atoms with van der Waals surface area (Å²) >= 11 is 5.72. The van der Waals surface area contributed by atoms with Gasteiger partial charge in [0.05, 0.1) is 0 Å². The number of rotatable bonds is 3. The highest BCUT2D eigenvalue weighted by Gasteiger charge is 2.03. The summed E-state index contributed by atoms with van der Waals surface area (Å²) < 4.78 is 13.0. The van der Waals surface area contributed by atoms with Gasteiger partial charge in [-0.05, 0) is 30.3 Å². The van der Waals surface area contributed by atoms with Gasteiger partial charge in [0.2, 0.25) is 0 Å². The van der Waals surface area contributed by atoms with E-state index in [0.717, 1.165) is 5.69 Å². The molecule has 3 nitrogen and oxygen atoms in total. The molecule has 1 aromatic carbocycles. The van der Waals surface area contributed by atoms with Gasteiger partial charge in [0.25, 0.3) is 0 Å². The molecular formula is C12H10ClFN2O. The van der Waals surface area contributed by atoms with E-state index in [0.29, 0.717) is 17.3 Å². The molecule has 5 heteroatoms. The fourth-order valence-corrected chi connectivity index (χ4v) is 1.58. The van der Waals surface area contributed by atoms with E-state index in [9.17, 15) is 9.50 Å². The first-order valence-corrected chi connectivity index (χ1v) is 5.36. The Labute approximate surface area is 103 Å². The quantitative estimate of drug-likeness (QED) is 0.825. The Hall–Kier alpha value is -1.81. The van der Waals surface area contributed by atoms with Gasteiger partial charge in [-0.3, -0.25) is 0 Å². The van der Waals surface area contributed by atoms with Crippen LogP contribution in [0.15, 0.2) is 36.5 Å². The largest absolute Gasteiger partial charge is 0.508 e. The van der Waals surface area contributed by atoms with Crippen molar-refractivity contribution >= 4 is 17.3 Å². The van der Waals surface area contributed by atoms with Crippen LogP contribution < -0.4 is 5.32 Å². The van der Waals surface area contributed by atoms with Crippen molar-refractivity contribution in [3.05, 3.63) is 53.1 Å². The number of aromatic nitrogens is 1. The van der Waals surface area contributed by atoms with Gasteiger partial charge in [-0.25, -0.2) is 9.37 Å². The van der Waals surface area contributed by atoms with Crippen LogP contribution in [-0.4, -0.2) is 10.1 Å². The third kappa shape index (κ3) is 3.07. The van der Waals surface area contributed by atoms with Gasteiger partial charge in [-0.15, -0.1) is 0 Å². The van der Waals surface area contributed by atoms with Crippen LogP contribution in [0.5, 0.6) is 5.75 Å². The minimum atomic E-state index is -0.382. The molecule has 0 aliphatic carbocycles. The van der Waals surface area contributed by atoms with Crippen molar-refractivity contribution in [3.8, 4) is 5.75 Å². The lowest BCUT2D eigenvalue weighted by Crippen LogP contribution is -2.00. The van der Waals surface area contributed by atoms with Gasteiger partial charge in [0.15, 0.2) is 0 Å². The lowest BCUT2D eigenvalue weighted by Gasteiger charge is -2.08. The molecule has 0 radical (unpaired) electrons. The summed E-state index contributed by atoms with van der Waals surface area (Å²) in [5.74, 6) is -0.327. The molecular weight excluding hydrogens is 243 g/mol. The Morgan fingerprint density at radius 2 is 2.12 bits per heavy atom. The molecule has 2 N–H and O–H groups in total. The molecule has 0 unspecified atom stereocenters. The second-order valence-corrected chi connectivity index (χ2v) is 3.88. The Morgan fingerprint density at radius 3 is 2.88 bits per heavy atom. The zero-order chi connectivity index (χ0) is 12.3. The van der Waals surface area contributed by atoms with E-state index < -0.39 is 0 Å². The van der Waals surface area contributed by atoms with E-state index in [4.69, 9.17) is 11.6 Å². The van der Waals surface area contributed by atoms with Crippen molar-refractivity contribution in [2.24, 2.45) is 0 Å². The molecule has 0 spiro atoms. The van der Waals surface area contributed by atoms with E-state index >= 15 is 0 Å². The molecule has 1 heterocycles. The Kier molecular flexibility index (Phi) is 3.44. The Morgan fingerprint density at radius 1 is 1.29 bits per heavy atom. The van der Waals surface area contributed by atoms with Crippen molar-refractivity contribution in [3.63, 3.8) is 0 Å². The molecule has 17 heavy (non-hydrogen) atoms. The fraction of sp³-hybridized carbons (Fsp3) is 0.0833. The summed E-state index contributed by atoms with van der Waals surface area (Å²) in [5.41, 5.74) is 1.24. The SMILES string of the molecule is Oc1ccc(F)cc1CNc1ccnc(Cl)c1. The third-order valence-electron chi connectivity index (χ3n) is 2.25. The summed E-state index contributed by atoms with van der Waals surface area (Å²) in [7, 11) is 0. The smallest absolute Gasteiger partial charge is 0.131 e. The summed E-state index contributed by atoms with van der Waals surface area (Å²) in [5, 5.41) is 12.9. The first-order chi connectivity index (χ1) is 8.15. The van der Waals surface area contributed by atoms with Crippen LogP contribution in [0.1, 0.15) is 5.56 Å². The average Bonchev–Trinajstić information content (AvgIpc) is 2.30. The molecule has 0 saturated carbocycles. The predicted octanol–water partition coefficient (Wildman–Crippen LogP) is 3.19. The van der Waals surface area contributed by atoms with Gasteiger partial charge in [0.1, 0.15) is 16.7 Å². The molecule has 1 aromatic heterocycles. The number of nitrogens with zero attached hydrogens (tertiary/aromatic N) is 1. The first-order valence-electron chi connectivity index (χ1n) is 4.98. The molecule has 88 valence electrons. The second-order valence-electron chi connectivity index (χ2n) is 3.49. The van der Waals surface area contributed by atoms with Crippen molar-refractivity contribution in [1.29, 1.82) is 0 Å². The minimum Gasteiger partial charge on any atom is -0.508 e. The fourth-order valence-electron chi connectivity index (χ4n) is 1.41. The Balaban J connectivity index is 2.09. The van der Waals surface area contributed by atoms with Gasteiger partial charge in [0, 0.05) is 24.0 Å². The monoisotopic (exact) mass is 252 g/mol. The number of halogens is 2. The maximum Gasteiger partial charge on any atom is 0.131 e. The van der Waals surface area contributed by atoms with Crippen molar-refractivity contribution in [2.75, 3.05) is 5.32 Å². The molecule has 0 aliphatic heterocycles. The number of aromatic hydroxyl groups is 1. The number of benzene rings is 1. The normalized spacial score (nSPS) is 10.2. The molecule has 0 bridgehead atoms. The van der Waals surface area contributed by atoms with Gasteiger partial charge >= 0.3 is 0 Å². The highest BCUT2D eigenvalue weighted by Crippen LogP contribution is 2.20. The van der Waals surface area contributed by atoms with Crippen LogP contribution in [0.3, 0.4) is 0 Å². The summed E-state index contributed by atoms with van der Waals surface area (Å²) in [6, 6.07) is 7.21. The van der Waals surface area contributed by atoms with Crippen molar-refractivity contribution < 1.29 is 9.50 Å². The molecule has 0 fully saturated rings. The number of pyridine rings is 1. The lowest BCUT2D eigenvalue weighted by atomic mass is 10.2. The van der Waals surface area contributed by atoms with Crippen molar-refractivity contribution in [1.82, 2.24) is 4.98 Å². The van der Waals surface area contributed by atoms with E-state index in [-0.39, 0.29) is 11.6 Å². The summed E-state index contributed by atoms with van der Waals surface area (Å²) in [6.07, 6.45) is 1.57. The van der Waals surface area contributed by atoms with Gasteiger partial charge in [-0.1, -0.05) is 11.6 Å². The van der Waals surface area contributed by atoms with Gasteiger partial charge in [-0.2, -0.15) is 0 Å². The maximum atomic E-state index is 13.0. The van der Waals surface area contributed by atoms with E-state index in [1.54, 1.807) is 18.3 Å². The number of nitrogens with one attached hydrogen (secondary N) is 1. The zero-order valence-corrected chi connectivity index (χ0v) is 9.58. The first kappa shape index (κ1) is 11.7. The zero-order valence-electron chi connectivity index (χ0n) is 8.82. The Bertz CT molecular complexity index is 534. The molecule has 2 aromatic rings. The van der Waals surface area contributed by atoms with Gasteiger partial charge < -0.3 is 10.4 Å². The van der Waals surface area contributed by atoms with Crippen LogP contribution in [-0.2, 0) is 6.54 Å². The highest BCUT2D eigenvalue weighted by molar-refractivity contribution is 6.29. The molecule has 0 atom stereocenters. The molecule has 0 saturated heterocycles. The highest BCUT2D eigenvalue weighted by atomic mass is 35.5. The number of phenolic OH excluding ortho intramolecular Hbond substituents is 1. The number of hydrogen-bond donors (Lipinski definition) is 2. The summed E-state index contributed by atoms with van der Waals surface area (Å²) in [6.45, 7) is 0.309. The molecule has 0 amide bonds. The maximum absolute atomic E-state index is 13.0. The van der Waals surface area contributed by atoms with E-state index in [1.165, 1.54) is 18.2 Å². The molecule has 0 aliphatic rings. The number of anilines is 1.